The van der Waals surface area contributed by atoms with E-state index in [1.165, 1.54) is 7.05 Å². The molecule has 3 N–H and O–H groups in total. The number of anilines is 1. The molecule has 10 heteroatoms. The first-order chi connectivity index (χ1) is 13.6. The maximum atomic E-state index is 12.5. The molecule has 0 aliphatic carbocycles. The summed E-state index contributed by atoms with van der Waals surface area (Å²) in [6.07, 6.45) is 0.946. The Labute approximate surface area is 170 Å². The molecule has 1 aromatic heterocycles. The van der Waals surface area contributed by atoms with Crippen LogP contribution in [-0.2, 0) is 10.0 Å². The predicted octanol–water partition coefficient (Wildman–Crippen LogP) is 2.59. The fourth-order valence-electron chi connectivity index (χ4n) is 2.75. The van der Waals surface area contributed by atoms with Gasteiger partial charge in [0.05, 0.1) is 0 Å². The average molecular weight is 420 g/mol. The van der Waals surface area contributed by atoms with Gasteiger partial charge in [0.15, 0.2) is 5.03 Å². The molecule has 0 aliphatic heterocycles. The second kappa shape index (κ2) is 8.99. The summed E-state index contributed by atoms with van der Waals surface area (Å²) in [4.78, 5) is 31.5. The van der Waals surface area contributed by atoms with Crippen molar-refractivity contribution in [1.29, 1.82) is 0 Å². The maximum Gasteiger partial charge on any atom is 0.333 e. The first kappa shape index (κ1) is 22.3. The topological polar surface area (TPSA) is 130 Å². The van der Waals surface area contributed by atoms with Crippen LogP contribution in [0.2, 0.25) is 0 Å². The summed E-state index contributed by atoms with van der Waals surface area (Å²) in [5, 5.41) is 4.52. The maximum absolute atomic E-state index is 12.5. The van der Waals surface area contributed by atoms with Gasteiger partial charge in [-0.2, -0.15) is 8.42 Å². The Kier molecular flexibility index (Phi) is 6.91. The van der Waals surface area contributed by atoms with E-state index in [0.29, 0.717) is 5.69 Å². The van der Waals surface area contributed by atoms with Crippen LogP contribution in [0, 0.1) is 0 Å². The van der Waals surface area contributed by atoms with E-state index in [2.05, 4.69) is 20.6 Å². The second-order valence-electron chi connectivity index (χ2n) is 7.00. The highest BCUT2D eigenvalue weighted by Crippen LogP contribution is 2.32. The highest BCUT2D eigenvalue weighted by Gasteiger charge is 2.23. The van der Waals surface area contributed by atoms with Crippen LogP contribution in [0.3, 0.4) is 0 Å². The van der Waals surface area contributed by atoms with Gasteiger partial charge in [-0.05, 0) is 23.0 Å². The van der Waals surface area contributed by atoms with Crippen LogP contribution in [0.25, 0.3) is 0 Å². The summed E-state index contributed by atoms with van der Waals surface area (Å²) >= 11 is 0. The van der Waals surface area contributed by atoms with Crippen LogP contribution in [-0.4, -0.2) is 37.4 Å². The van der Waals surface area contributed by atoms with E-state index in [9.17, 15) is 18.0 Å². The number of rotatable bonds is 6. The van der Waals surface area contributed by atoms with Gasteiger partial charge in [-0.15, -0.1) is 0 Å². The molecule has 0 unspecified atom stereocenters. The number of hydrogen-bond acceptors (Lipinski definition) is 6. The predicted molar refractivity (Wildman–Crippen MR) is 109 cm³/mol. The van der Waals surface area contributed by atoms with Gasteiger partial charge in [-0.25, -0.2) is 19.5 Å². The summed E-state index contributed by atoms with van der Waals surface area (Å²) in [5.41, 5.74) is 2.25. The molecule has 0 aliphatic rings. The fourth-order valence-corrected chi connectivity index (χ4v) is 3.60. The minimum atomic E-state index is -4.30. The molecular formula is C19H25N5O4S. The van der Waals surface area contributed by atoms with Gasteiger partial charge in [-0.1, -0.05) is 45.9 Å². The average Bonchev–Trinajstić information content (AvgIpc) is 2.66. The van der Waals surface area contributed by atoms with E-state index in [1.807, 2.05) is 50.6 Å². The minimum Gasteiger partial charge on any atom is -0.354 e. The van der Waals surface area contributed by atoms with Crippen molar-refractivity contribution in [3.8, 4) is 0 Å². The lowest BCUT2D eigenvalue weighted by molar-refractivity contribution is 0.0957. The lowest BCUT2D eigenvalue weighted by Gasteiger charge is -2.20. The zero-order chi connectivity index (χ0) is 21.8. The van der Waals surface area contributed by atoms with Crippen LogP contribution in [0.5, 0.6) is 0 Å². The van der Waals surface area contributed by atoms with Gasteiger partial charge in [0, 0.05) is 18.8 Å². The molecule has 1 heterocycles. The van der Waals surface area contributed by atoms with Crippen LogP contribution < -0.4 is 15.4 Å². The minimum absolute atomic E-state index is 0.123. The molecule has 0 saturated carbocycles. The number of benzene rings is 1. The Bertz CT molecular complexity index is 993. The lowest BCUT2D eigenvalue weighted by atomic mass is 9.93. The van der Waals surface area contributed by atoms with Crippen molar-refractivity contribution in [3.05, 3.63) is 47.4 Å². The van der Waals surface area contributed by atoms with Gasteiger partial charge in [-0.3, -0.25) is 4.79 Å². The van der Waals surface area contributed by atoms with Crippen LogP contribution in [0.1, 0.15) is 61.1 Å². The molecular weight excluding hydrogens is 394 g/mol. The van der Waals surface area contributed by atoms with Crippen molar-refractivity contribution in [2.24, 2.45) is 0 Å². The summed E-state index contributed by atoms with van der Waals surface area (Å²) in [6, 6.07) is 5.77. The van der Waals surface area contributed by atoms with E-state index >= 15 is 0 Å². The number of nitrogens with one attached hydrogen (secondary N) is 3. The third-order valence-electron chi connectivity index (χ3n) is 4.22. The number of para-hydroxylation sites is 1. The van der Waals surface area contributed by atoms with E-state index in [-0.39, 0.29) is 17.5 Å². The molecule has 9 nitrogen and oxygen atoms in total. The van der Waals surface area contributed by atoms with E-state index in [0.717, 1.165) is 23.5 Å². The van der Waals surface area contributed by atoms with Gasteiger partial charge in [0.2, 0.25) is 0 Å². The summed E-state index contributed by atoms with van der Waals surface area (Å²) in [6.45, 7) is 7.95. The molecule has 0 bridgehead atoms. The first-order valence-electron chi connectivity index (χ1n) is 9.07. The Morgan fingerprint density at radius 2 is 1.59 bits per heavy atom. The number of aromatic nitrogens is 2. The molecule has 2 rings (SSSR count). The van der Waals surface area contributed by atoms with Crippen molar-refractivity contribution < 1.29 is 18.0 Å². The highest BCUT2D eigenvalue weighted by atomic mass is 32.2. The van der Waals surface area contributed by atoms with Crippen LogP contribution >= 0.6 is 0 Å². The first-order valence-corrected chi connectivity index (χ1v) is 10.6. The van der Waals surface area contributed by atoms with Gasteiger partial charge >= 0.3 is 6.03 Å². The fraction of sp³-hybridized carbons (Fsp3) is 0.368. The smallest absolute Gasteiger partial charge is 0.333 e. The van der Waals surface area contributed by atoms with Crippen molar-refractivity contribution in [1.82, 2.24) is 20.0 Å². The second-order valence-corrected chi connectivity index (χ2v) is 8.63. The molecule has 0 atom stereocenters. The highest BCUT2D eigenvalue weighted by molar-refractivity contribution is 7.90. The van der Waals surface area contributed by atoms with Crippen molar-refractivity contribution in [3.63, 3.8) is 0 Å². The molecule has 0 spiro atoms. The molecule has 0 radical (unpaired) electrons. The SMILES string of the molecule is CNC(=O)c1cc(S(=O)(=O)NC(=O)Nc2c(C(C)C)cccc2C(C)C)ncn1. The Balaban J connectivity index is 2.31. The number of sulfonamides is 1. The van der Waals surface area contributed by atoms with E-state index in [1.54, 1.807) is 0 Å². The number of amides is 3. The molecule has 29 heavy (non-hydrogen) atoms. The van der Waals surface area contributed by atoms with Gasteiger partial charge < -0.3 is 10.6 Å². The zero-order valence-corrected chi connectivity index (χ0v) is 17.8. The standard InChI is InChI=1S/C19H25N5O4S/c1-11(2)13-7-6-8-14(12(3)4)17(13)23-19(26)24-29(27,28)16-9-15(18(25)20-5)21-10-22-16/h6-12H,1-5H3,(H,20,25)(H2,23,24,26). The Hall–Kier alpha value is -3.01. The molecule has 0 fully saturated rings. The summed E-state index contributed by atoms with van der Waals surface area (Å²) in [5.74, 6) is -0.323. The third kappa shape index (κ3) is 5.29. The monoisotopic (exact) mass is 419 g/mol. The summed E-state index contributed by atoms with van der Waals surface area (Å²) < 4.78 is 27.0. The van der Waals surface area contributed by atoms with Crippen LogP contribution in [0.15, 0.2) is 35.6 Å². The molecule has 0 saturated heterocycles. The molecule has 156 valence electrons. The number of urea groups is 1. The Morgan fingerprint density at radius 1 is 1.00 bits per heavy atom. The normalized spacial score (nSPS) is 11.4. The van der Waals surface area contributed by atoms with Crippen LogP contribution in [0.4, 0.5) is 10.5 Å². The van der Waals surface area contributed by atoms with Crippen molar-refractivity contribution in [2.45, 2.75) is 44.6 Å². The number of hydrogen-bond donors (Lipinski definition) is 3. The molecule has 3 amide bonds. The number of nitrogens with zero attached hydrogens (tertiary/aromatic N) is 2. The molecule has 2 aromatic rings. The number of carbonyl (C=O) groups is 2. The Morgan fingerprint density at radius 3 is 2.10 bits per heavy atom. The van der Waals surface area contributed by atoms with Gasteiger partial charge in [0.25, 0.3) is 15.9 Å². The van der Waals surface area contributed by atoms with Gasteiger partial charge in [0.1, 0.15) is 12.0 Å². The largest absolute Gasteiger partial charge is 0.354 e. The number of carbonyl (C=O) groups excluding carboxylic acids is 2. The third-order valence-corrected chi connectivity index (χ3v) is 5.44. The van der Waals surface area contributed by atoms with E-state index < -0.39 is 27.0 Å². The molecule has 1 aromatic carbocycles. The van der Waals surface area contributed by atoms with Crippen molar-refractivity contribution >= 4 is 27.6 Å². The quantitative estimate of drug-likeness (QED) is 0.617. The van der Waals surface area contributed by atoms with Crippen molar-refractivity contribution in [2.75, 3.05) is 12.4 Å². The lowest BCUT2D eigenvalue weighted by Crippen LogP contribution is -2.35. The summed E-state index contributed by atoms with van der Waals surface area (Å²) in [7, 11) is -2.91. The van der Waals surface area contributed by atoms with E-state index in [4.69, 9.17) is 0 Å². The zero-order valence-electron chi connectivity index (χ0n) is 17.0.